The van der Waals surface area contributed by atoms with Crippen molar-refractivity contribution in [3.8, 4) is 28.1 Å². The van der Waals surface area contributed by atoms with Crippen LogP contribution in [0.5, 0.6) is 5.75 Å². The molecule has 4 nitrogen and oxygen atoms in total. The summed E-state index contributed by atoms with van der Waals surface area (Å²) in [7, 11) is 0. The van der Waals surface area contributed by atoms with E-state index in [1.165, 1.54) is 0 Å². The van der Waals surface area contributed by atoms with Crippen molar-refractivity contribution in [2.24, 2.45) is 0 Å². The minimum absolute atomic E-state index is 0.523. The van der Waals surface area contributed by atoms with E-state index in [1.807, 2.05) is 55.5 Å². The Hall–Kier alpha value is -3.40. The first-order valence-electron chi connectivity index (χ1n) is 8.54. The van der Waals surface area contributed by atoms with Crippen LogP contribution < -0.4 is 4.74 Å². The maximum absolute atomic E-state index is 6.12. The molecule has 4 heteroatoms. The highest BCUT2D eigenvalue weighted by molar-refractivity contribution is 5.84. The highest BCUT2D eigenvalue weighted by atomic mass is 16.5. The van der Waals surface area contributed by atoms with Crippen LogP contribution in [0.3, 0.4) is 0 Å². The Balaban J connectivity index is 1.71. The molecule has 0 aliphatic rings. The Labute approximate surface area is 152 Å². The smallest absolute Gasteiger partial charge is 0.129 e. The van der Waals surface area contributed by atoms with Crippen LogP contribution in [0.25, 0.3) is 22.4 Å². The third-order valence-electron chi connectivity index (χ3n) is 4.31. The summed E-state index contributed by atoms with van der Waals surface area (Å²) < 4.78 is 6.12. The molecule has 0 unspecified atom stereocenters. The van der Waals surface area contributed by atoms with E-state index in [0.29, 0.717) is 6.61 Å². The second-order valence-corrected chi connectivity index (χ2v) is 6.07. The highest BCUT2D eigenvalue weighted by Gasteiger charge is 2.17. The molecule has 2 aromatic carbocycles. The van der Waals surface area contributed by atoms with Gasteiger partial charge in [0.1, 0.15) is 12.4 Å². The van der Waals surface area contributed by atoms with E-state index in [4.69, 9.17) is 4.74 Å². The fraction of sp³-hybridized carbons (Fsp3) is 0.0909. The van der Waals surface area contributed by atoms with Crippen molar-refractivity contribution >= 4 is 0 Å². The van der Waals surface area contributed by atoms with Crippen molar-refractivity contribution < 1.29 is 4.74 Å². The molecule has 0 saturated carbocycles. The Bertz CT molecular complexity index is 994. The van der Waals surface area contributed by atoms with Crippen LogP contribution in [0.1, 0.15) is 11.3 Å². The van der Waals surface area contributed by atoms with E-state index in [1.54, 1.807) is 12.4 Å². The number of aromatic amines is 1. The highest BCUT2D eigenvalue weighted by Crippen LogP contribution is 2.37. The Kier molecular flexibility index (Phi) is 4.48. The lowest BCUT2D eigenvalue weighted by Gasteiger charge is -2.12. The number of aryl methyl sites for hydroxylation is 1. The fourth-order valence-corrected chi connectivity index (χ4v) is 3.03. The van der Waals surface area contributed by atoms with Gasteiger partial charge in [-0.3, -0.25) is 10.1 Å². The number of H-pyrrole nitrogens is 1. The predicted molar refractivity (Wildman–Crippen MR) is 103 cm³/mol. The largest absolute Gasteiger partial charge is 0.488 e. The summed E-state index contributed by atoms with van der Waals surface area (Å²) in [6, 6.07) is 22.2. The molecule has 0 aliphatic carbocycles. The van der Waals surface area contributed by atoms with Crippen LogP contribution in [0.15, 0.2) is 79.1 Å². The van der Waals surface area contributed by atoms with Gasteiger partial charge < -0.3 is 4.74 Å². The molecule has 26 heavy (non-hydrogen) atoms. The van der Waals surface area contributed by atoms with Crippen molar-refractivity contribution in [3.05, 3.63) is 90.4 Å². The molecule has 4 aromatic rings. The van der Waals surface area contributed by atoms with Crippen LogP contribution in [-0.4, -0.2) is 15.2 Å². The summed E-state index contributed by atoms with van der Waals surface area (Å²) in [6.07, 6.45) is 3.59. The van der Waals surface area contributed by atoms with E-state index in [0.717, 1.165) is 39.4 Å². The number of para-hydroxylation sites is 1. The van der Waals surface area contributed by atoms with Crippen LogP contribution in [0, 0.1) is 6.92 Å². The minimum atomic E-state index is 0.523. The molecule has 0 atom stereocenters. The second kappa shape index (κ2) is 7.23. The lowest BCUT2D eigenvalue weighted by molar-refractivity contribution is 0.307. The number of benzene rings is 2. The second-order valence-electron chi connectivity index (χ2n) is 6.07. The Morgan fingerprint density at radius 3 is 2.42 bits per heavy atom. The number of pyridine rings is 1. The lowest BCUT2D eigenvalue weighted by atomic mass is 9.99. The van der Waals surface area contributed by atoms with Gasteiger partial charge in [0.25, 0.3) is 0 Å². The zero-order chi connectivity index (χ0) is 17.8. The van der Waals surface area contributed by atoms with E-state index < -0.39 is 0 Å². The predicted octanol–water partition coefficient (Wildman–Crippen LogP) is 5.03. The number of rotatable bonds is 5. The average Bonchev–Trinajstić information content (AvgIpc) is 3.09. The SMILES string of the molecule is Cc1n[nH]c(-c2ccccc2OCc2ccccc2)c1-c1ccncc1. The maximum Gasteiger partial charge on any atom is 0.129 e. The summed E-state index contributed by atoms with van der Waals surface area (Å²) in [6.45, 7) is 2.53. The zero-order valence-electron chi connectivity index (χ0n) is 14.5. The van der Waals surface area contributed by atoms with E-state index >= 15 is 0 Å². The van der Waals surface area contributed by atoms with E-state index in [9.17, 15) is 0 Å². The molecular formula is C22H19N3O. The van der Waals surface area contributed by atoms with Gasteiger partial charge in [-0.25, -0.2) is 0 Å². The average molecular weight is 341 g/mol. The van der Waals surface area contributed by atoms with Crippen molar-refractivity contribution in [1.29, 1.82) is 0 Å². The molecule has 0 saturated heterocycles. The van der Waals surface area contributed by atoms with Crippen LogP contribution in [0.2, 0.25) is 0 Å². The van der Waals surface area contributed by atoms with Gasteiger partial charge in [0.05, 0.1) is 11.4 Å². The van der Waals surface area contributed by atoms with Gasteiger partial charge in [0, 0.05) is 23.5 Å². The molecule has 2 heterocycles. The van der Waals surface area contributed by atoms with Crippen LogP contribution >= 0.6 is 0 Å². The van der Waals surface area contributed by atoms with Crippen molar-refractivity contribution in [2.75, 3.05) is 0 Å². The first-order valence-corrected chi connectivity index (χ1v) is 8.54. The molecule has 128 valence electrons. The van der Waals surface area contributed by atoms with Crippen molar-refractivity contribution in [2.45, 2.75) is 13.5 Å². The number of nitrogens with one attached hydrogen (secondary N) is 1. The topological polar surface area (TPSA) is 50.8 Å². The van der Waals surface area contributed by atoms with E-state index in [-0.39, 0.29) is 0 Å². The third kappa shape index (κ3) is 3.22. The lowest BCUT2D eigenvalue weighted by Crippen LogP contribution is -1.97. The first kappa shape index (κ1) is 16.1. The number of aromatic nitrogens is 3. The van der Waals surface area contributed by atoms with E-state index in [2.05, 4.69) is 33.4 Å². The van der Waals surface area contributed by atoms with Gasteiger partial charge in [-0.1, -0.05) is 42.5 Å². The normalized spacial score (nSPS) is 10.7. The van der Waals surface area contributed by atoms with Gasteiger partial charge in [0.2, 0.25) is 0 Å². The molecule has 0 amide bonds. The fourth-order valence-electron chi connectivity index (χ4n) is 3.03. The van der Waals surface area contributed by atoms with Gasteiger partial charge in [0.15, 0.2) is 0 Å². The molecule has 0 fully saturated rings. The summed E-state index contributed by atoms with van der Waals surface area (Å²) in [4.78, 5) is 4.11. The Morgan fingerprint density at radius 2 is 1.62 bits per heavy atom. The van der Waals surface area contributed by atoms with Gasteiger partial charge in [-0.2, -0.15) is 5.10 Å². The summed E-state index contributed by atoms with van der Waals surface area (Å²) >= 11 is 0. The molecule has 1 N–H and O–H groups in total. The third-order valence-corrected chi connectivity index (χ3v) is 4.31. The summed E-state index contributed by atoms with van der Waals surface area (Å²) in [5.41, 5.74) is 6.19. The van der Waals surface area contributed by atoms with Crippen LogP contribution in [-0.2, 0) is 6.61 Å². The number of hydrogen-bond acceptors (Lipinski definition) is 3. The van der Waals surface area contributed by atoms with Crippen molar-refractivity contribution in [3.63, 3.8) is 0 Å². The first-order chi connectivity index (χ1) is 12.8. The molecule has 0 radical (unpaired) electrons. The number of ether oxygens (including phenoxy) is 1. The quantitative estimate of drug-likeness (QED) is 0.554. The molecule has 4 rings (SSSR count). The molecule has 0 bridgehead atoms. The van der Waals surface area contributed by atoms with Gasteiger partial charge >= 0.3 is 0 Å². The summed E-state index contributed by atoms with van der Waals surface area (Å²) in [5, 5.41) is 7.60. The Morgan fingerprint density at radius 1 is 0.885 bits per heavy atom. The maximum atomic E-state index is 6.12. The molecule has 2 aromatic heterocycles. The monoisotopic (exact) mass is 341 g/mol. The van der Waals surface area contributed by atoms with Gasteiger partial charge in [-0.15, -0.1) is 0 Å². The molecular weight excluding hydrogens is 322 g/mol. The minimum Gasteiger partial charge on any atom is -0.488 e. The standard InChI is InChI=1S/C22H19N3O/c1-16-21(18-11-13-23-14-12-18)22(25-24-16)19-9-5-6-10-20(19)26-15-17-7-3-2-4-8-17/h2-14H,15H2,1H3,(H,24,25). The van der Waals surface area contributed by atoms with Gasteiger partial charge in [-0.05, 0) is 42.3 Å². The zero-order valence-corrected chi connectivity index (χ0v) is 14.5. The number of hydrogen-bond donors (Lipinski definition) is 1. The van der Waals surface area contributed by atoms with Crippen molar-refractivity contribution in [1.82, 2.24) is 15.2 Å². The molecule has 0 spiro atoms. The number of nitrogens with zero attached hydrogens (tertiary/aromatic N) is 2. The van der Waals surface area contributed by atoms with Crippen LogP contribution in [0.4, 0.5) is 0 Å². The molecule has 0 aliphatic heterocycles. The summed E-state index contributed by atoms with van der Waals surface area (Å²) in [5.74, 6) is 0.829.